The maximum Gasteiger partial charge on any atom is 0.0519 e. The monoisotopic (exact) mass is 223 g/mol. The van der Waals surface area contributed by atoms with Crippen molar-refractivity contribution in [2.75, 3.05) is 4.90 Å². The molecular weight excluding hydrogens is 206 g/mol. The second-order valence-electron chi connectivity index (χ2n) is 4.87. The van der Waals surface area contributed by atoms with Crippen molar-refractivity contribution in [3.63, 3.8) is 0 Å². The molecule has 0 saturated heterocycles. The minimum absolute atomic E-state index is 0.446. The molecular formula is C16H17N. The molecule has 1 aromatic rings. The summed E-state index contributed by atoms with van der Waals surface area (Å²) in [6.45, 7) is 6.66. The summed E-state index contributed by atoms with van der Waals surface area (Å²) in [5, 5.41) is 0. The number of rotatable bonds is 1. The van der Waals surface area contributed by atoms with Gasteiger partial charge < -0.3 is 4.90 Å². The molecule has 0 saturated carbocycles. The van der Waals surface area contributed by atoms with E-state index in [1.54, 1.807) is 0 Å². The first-order valence-corrected chi connectivity index (χ1v) is 6.14. The highest BCUT2D eigenvalue weighted by molar-refractivity contribution is 5.71. The zero-order valence-electron chi connectivity index (χ0n) is 10.6. The minimum Gasteiger partial charge on any atom is -0.334 e. The molecule has 3 rings (SSSR count). The van der Waals surface area contributed by atoms with Crippen molar-refractivity contribution in [3.05, 3.63) is 64.9 Å². The highest BCUT2D eigenvalue weighted by Crippen LogP contribution is 2.41. The smallest absolute Gasteiger partial charge is 0.0519 e. The summed E-state index contributed by atoms with van der Waals surface area (Å²) in [5.74, 6) is 0. The van der Waals surface area contributed by atoms with Gasteiger partial charge in [-0.1, -0.05) is 24.3 Å². The molecule has 0 spiro atoms. The van der Waals surface area contributed by atoms with Gasteiger partial charge in [-0.15, -0.1) is 0 Å². The lowest BCUT2D eigenvalue weighted by molar-refractivity contribution is 0.863. The fraction of sp³-hybridized carbons (Fsp3) is 0.250. The Labute approximate surface area is 103 Å². The van der Waals surface area contributed by atoms with Gasteiger partial charge in [0.05, 0.1) is 11.7 Å². The van der Waals surface area contributed by atoms with Gasteiger partial charge >= 0.3 is 0 Å². The maximum absolute atomic E-state index is 2.43. The molecule has 1 heterocycles. The molecule has 1 unspecified atom stereocenters. The number of hydrogen-bond acceptors (Lipinski definition) is 1. The Morgan fingerprint density at radius 2 is 1.76 bits per heavy atom. The summed E-state index contributed by atoms with van der Waals surface area (Å²) in [4.78, 5) is 2.43. The topological polar surface area (TPSA) is 3.24 Å². The van der Waals surface area contributed by atoms with E-state index >= 15 is 0 Å². The van der Waals surface area contributed by atoms with Crippen LogP contribution >= 0.6 is 0 Å². The number of fused-ring (bicyclic) bond motifs is 1. The van der Waals surface area contributed by atoms with E-state index in [4.69, 9.17) is 0 Å². The molecule has 0 N–H and O–H groups in total. The number of benzene rings is 1. The lowest BCUT2D eigenvalue weighted by Gasteiger charge is -2.26. The number of para-hydroxylation sites is 1. The molecule has 2 aliphatic rings. The summed E-state index contributed by atoms with van der Waals surface area (Å²) < 4.78 is 0. The molecule has 1 aliphatic heterocycles. The van der Waals surface area contributed by atoms with Crippen LogP contribution in [0.3, 0.4) is 0 Å². The third kappa shape index (κ3) is 1.46. The molecule has 0 radical (unpaired) electrons. The van der Waals surface area contributed by atoms with Crippen LogP contribution < -0.4 is 4.90 Å². The fourth-order valence-corrected chi connectivity index (χ4v) is 2.75. The van der Waals surface area contributed by atoms with E-state index < -0.39 is 0 Å². The van der Waals surface area contributed by atoms with Crippen LogP contribution in [0.2, 0.25) is 0 Å². The average molecular weight is 223 g/mol. The van der Waals surface area contributed by atoms with Gasteiger partial charge in [-0.25, -0.2) is 0 Å². The lowest BCUT2D eigenvalue weighted by Crippen LogP contribution is -2.26. The third-order valence-electron chi connectivity index (χ3n) is 3.70. The Morgan fingerprint density at radius 3 is 2.47 bits per heavy atom. The van der Waals surface area contributed by atoms with Gasteiger partial charge in [0.1, 0.15) is 0 Å². The van der Waals surface area contributed by atoms with Gasteiger partial charge in [0.2, 0.25) is 0 Å². The molecule has 0 bridgehead atoms. The lowest BCUT2D eigenvalue weighted by atomic mass is 10.1. The van der Waals surface area contributed by atoms with Crippen LogP contribution in [0.5, 0.6) is 0 Å². The second kappa shape index (κ2) is 3.63. The Morgan fingerprint density at radius 1 is 1.06 bits per heavy atom. The van der Waals surface area contributed by atoms with Crippen LogP contribution in [0, 0.1) is 0 Å². The summed E-state index contributed by atoms with van der Waals surface area (Å²) in [5.41, 5.74) is 6.85. The standard InChI is InChI=1S/C16H17N/c1-11-9-14-10-12(2)17(16(14)13(11)3)15-7-5-4-6-8-15/h4-10,12H,1-3H3. The van der Waals surface area contributed by atoms with Crippen LogP contribution in [0.4, 0.5) is 5.69 Å². The van der Waals surface area contributed by atoms with E-state index in [0.717, 1.165) is 0 Å². The molecule has 1 atom stereocenters. The predicted molar refractivity (Wildman–Crippen MR) is 72.9 cm³/mol. The normalized spacial score (nSPS) is 22.8. The molecule has 86 valence electrons. The average Bonchev–Trinajstić information content (AvgIpc) is 2.77. The van der Waals surface area contributed by atoms with Crippen molar-refractivity contribution in [1.82, 2.24) is 0 Å². The zero-order chi connectivity index (χ0) is 12.0. The first kappa shape index (κ1) is 10.4. The van der Waals surface area contributed by atoms with Gasteiger partial charge in [-0.05, 0) is 55.7 Å². The molecule has 0 fully saturated rings. The van der Waals surface area contributed by atoms with Crippen molar-refractivity contribution >= 4 is 5.69 Å². The zero-order valence-corrected chi connectivity index (χ0v) is 10.6. The number of anilines is 1. The Balaban J connectivity index is 2.10. The maximum atomic E-state index is 2.43. The van der Waals surface area contributed by atoms with Crippen molar-refractivity contribution in [2.24, 2.45) is 0 Å². The SMILES string of the molecule is CC1=CC2=CC(C)N(c3ccccc3)C2=C1C. The number of nitrogens with zero attached hydrogens (tertiary/aromatic N) is 1. The van der Waals surface area contributed by atoms with Crippen LogP contribution in [0.15, 0.2) is 64.9 Å². The molecule has 0 amide bonds. The van der Waals surface area contributed by atoms with Crippen LogP contribution in [-0.2, 0) is 0 Å². The predicted octanol–water partition coefficient (Wildman–Crippen LogP) is 4.06. The number of hydrogen-bond donors (Lipinski definition) is 0. The molecule has 1 nitrogen and oxygen atoms in total. The van der Waals surface area contributed by atoms with E-state index in [-0.39, 0.29) is 0 Å². The van der Waals surface area contributed by atoms with Crippen molar-refractivity contribution < 1.29 is 0 Å². The summed E-state index contributed by atoms with van der Waals surface area (Å²) in [6, 6.07) is 11.1. The Bertz CT molecular complexity index is 546. The minimum atomic E-state index is 0.446. The van der Waals surface area contributed by atoms with E-state index in [1.165, 1.54) is 28.1 Å². The van der Waals surface area contributed by atoms with Gasteiger partial charge in [0.15, 0.2) is 0 Å². The Kier molecular flexibility index (Phi) is 2.22. The van der Waals surface area contributed by atoms with Crippen molar-refractivity contribution in [1.29, 1.82) is 0 Å². The first-order chi connectivity index (χ1) is 8.18. The van der Waals surface area contributed by atoms with Crippen molar-refractivity contribution in [2.45, 2.75) is 26.8 Å². The molecule has 1 aromatic carbocycles. The summed E-state index contributed by atoms with van der Waals surface area (Å²) in [7, 11) is 0. The van der Waals surface area contributed by atoms with E-state index in [1.807, 2.05) is 0 Å². The highest BCUT2D eigenvalue weighted by atomic mass is 15.2. The highest BCUT2D eigenvalue weighted by Gasteiger charge is 2.31. The quantitative estimate of drug-likeness (QED) is 0.694. The summed E-state index contributed by atoms with van der Waals surface area (Å²) in [6.07, 6.45) is 4.65. The fourth-order valence-electron chi connectivity index (χ4n) is 2.75. The van der Waals surface area contributed by atoms with Crippen molar-refractivity contribution in [3.8, 4) is 0 Å². The molecule has 1 aliphatic carbocycles. The second-order valence-corrected chi connectivity index (χ2v) is 4.87. The third-order valence-corrected chi connectivity index (χ3v) is 3.70. The van der Waals surface area contributed by atoms with Crippen LogP contribution in [0.1, 0.15) is 20.8 Å². The van der Waals surface area contributed by atoms with E-state index in [9.17, 15) is 0 Å². The van der Waals surface area contributed by atoms with Gasteiger partial charge in [0.25, 0.3) is 0 Å². The van der Waals surface area contributed by atoms with Crippen LogP contribution in [-0.4, -0.2) is 6.04 Å². The van der Waals surface area contributed by atoms with Gasteiger partial charge in [0, 0.05) is 5.69 Å². The van der Waals surface area contributed by atoms with Gasteiger partial charge in [-0.3, -0.25) is 0 Å². The van der Waals surface area contributed by atoms with Gasteiger partial charge in [-0.2, -0.15) is 0 Å². The first-order valence-electron chi connectivity index (χ1n) is 6.14. The van der Waals surface area contributed by atoms with E-state index in [2.05, 4.69) is 68.2 Å². The molecule has 1 heteroatoms. The number of allylic oxidation sites excluding steroid dienone is 3. The Hall–Kier alpha value is -1.76. The summed E-state index contributed by atoms with van der Waals surface area (Å²) >= 11 is 0. The largest absolute Gasteiger partial charge is 0.334 e. The van der Waals surface area contributed by atoms with E-state index in [0.29, 0.717) is 6.04 Å². The molecule has 0 aromatic heterocycles. The van der Waals surface area contributed by atoms with Crippen LogP contribution in [0.25, 0.3) is 0 Å². The molecule has 17 heavy (non-hydrogen) atoms.